The summed E-state index contributed by atoms with van der Waals surface area (Å²) in [5.41, 5.74) is 5.76. The number of pyridine rings is 1. The molecule has 96 valence electrons. The second-order valence-corrected chi connectivity index (χ2v) is 3.10. The number of hydrogen-bond donors (Lipinski definition) is 2. The van der Waals surface area contributed by atoms with Crippen LogP contribution in [-0.2, 0) is 0 Å². The van der Waals surface area contributed by atoms with Crippen molar-refractivity contribution in [3.05, 3.63) is 24.0 Å². The first-order valence-corrected chi connectivity index (χ1v) is 4.45. The number of alkyl halides is 3. The Labute approximate surface area is 102 Å². The van der Waals surface area contributed by atoms with E-state index in [9.17, 15) is 18.0 Å². The zero-order chi connectivity index (χ0) is 12.2. The predicted octanol–water partition coefficient (Wildman–Crippen LogP) is 1.77. The molecule has 3 N–H and O–H groups in total. The van der Waals surface area contributed by atoms with E-state index in [0.717, 1.165) is 0 Å². The predicted molar refractivity (Wildman–Crippen MR) is 58.9 cm³/mol. The minimum absolute atomic E-state index is 0. The molecule has 0 aliphatic carbocycles. The van der Waals surface area contributed by atoms with Crippen molar-refractivity contribution in [2.24, 2.45) is 0 Å². The van der Waals surface area contributed by atoms with Gasteiger partial charge in [0.05, 0.1) is 18.3 Å². The van der Waals surface area contributed by atoms with Crippen molar-refractivity contribution in [3.8, 4) is 0 Å². The first kappa shape index (κ1) is 15.5. The highest BCUT2D eigenvalue weighted by Crippen LogP contribution is 2.18. The molecule has 1 rings (SSSR count). The lowest BCUT2D eigenvalue weighted by atomic mass is 10.3. The molecule has 0 radical (unpaired) electrons. The van der Waals surface area contributed by atoms with Crippen LogP contribution in [-0.4, -0.2) is 23.6 Å². The molecule has 0 fully saturated rings. The zero-order valence-corrected chi connectivity index (χ0v) is 9.44. The standard InChI is InChI=1S/C9H10F3N3O.ClH/c10-9(11,12)3-4-14-8(16)7-2-1-6(13)5-15-7;/h1-2,5H,3-4,13H2,(H,14,16);1H. The number of carbonyl (C=O) groups is 1. The molecule has 0 saturated carbocycles. The third-order valence-corrected chi connectivity index (χ3v) is 1.71. The van der Waals surface area contributed by atoms with Gasteiger partial charge in [0, 0.05) is 6.54 Å². The van der Waals surface area contributed by atoms with Crippen molar-refractivity contribution in [2.45, 2.75) is 12.6 Å². The van der Waals surface area contributed by atoms with E-state index < -0.39 is 25.0 Å². The van der Waals surface area contributed by atoms with Crippen LogP contribution in [0.2, 0.25) is 0 Å². The number of aromatic nitrogens is 1. The second-order valence-electron chi connectivity index (χ2n) is 3.10. The lowest BCUT2D eigenvalue weighted by Gasteiger charge is -2.07. The number of nitrogen functional groups attached to an aromatic ring is 1. The summed E-state index contributed by atoms with van der Waals surface area (Å²) in [5.74, 6) is -0.649. The van der Waals surface area contributed by atoms with Gasteiger partial charge in [-0.25, -0.2) is 4.98 Å². The highest BCUT2D eigenvalue weighted by Gasteiger charge is 2.26. The molecule has 17 heavy (non-hydrogen) atoms. The molecule has 1 heterocycles. The Morgan fingerprint density at radius 2 is 2.06 bits per heavy atom. The van der Waals surface area contributed by atoms with E-state index in [1.165, 1.54) is 18.3 Å². The monoisotopic (exact) mass is 269 g/mol. The molecule has 0 aliphatic heterocycles. The fraction of sp³-hybridized carbons (Fsp3) is 0.333. The molecule has 8 heteroatoms. The van der Waals surface area contributed by atoms with Crippen LogP contribution in [0, 0.1) is 0 Å². The normalized spacial score (nSPS) is 10.5. The van der Waals surface area contributed by atoms with Crippen molar-refractivity contribution in [1.29, 1.82) is 0 Å². The van der Waals surface area contributed by atoms with Crippen LogP contribution in [0.1, 0.15) is 16.9 Å². The van der Waals surface area contributed by atoms with Crippen LogP contribution in [0.3, 0.4) is 0 Å². The quantitative estimate of drug-likeness (QED) is 0.879. The third kappa shape index (κ3) is 5.96. The van der Waals surface area contributed by atoms with E-state index in [-0.39, 0.29) is 18.1 Å². The average molecular weight is 270 g/mol. The van der Waals surface area contributed by atoms with Crippen molar-refractivity contribution in [1.82, 2.24) is 10.3 Å². The van der Waals surface area contributed by atoms with Crippen LogP contribution in [0.15, 0.2) is 18.3 Å². The fourth-order valence-electron chi connectivity index (χ4n) is 0.948. The Kier molecular flexibility index (Phi) is 5.73. The van der Waals surface area contributed by atoms with E-state index in [1.807, 2.05) is 0 Å². The highest BCUT2D eigenvalue weighted by atomic mass is 35.5. The van der Waals surface area contributed by atoms with Gasteiger partial charge in [-0.2, -0.15) is 13.2 Å². The first-order chi connectivity index (χ1) is 7.38. The lowest BCUT2D eigenvalue weighted by molar-refractivity contribution is -0.132. The molecular weight excluding hydrogens is 259 g/mol. The molecule has 1 amide bonds. The van der Waals surface area contributed by atoms with E-state index in [4.69, 9.17) is 5.73 Å². The Bertz CT molecular complexity index is 367. The minimum Gasteiger partial charge on any atom is -0.397 e. The zero-order valence-electron chi connectivity index (χ0n) is 8.62. The van der Waals surface area contributed by atoms with Crippen LogP contribution in [0.25, 0.3) is 0 Å². The van der Waals surface area contributed by atoms with E-state index in [2.05, 4.69) is 10.3 Å². The van der Waals surface area contributed by atoms with Gasteiger partial charge in [-0.1, -0.05) is 0 Å². The average Bonchev–Trinajstić information content (AvgIpc) is 2.16. The first-order valence-electron chi connectivity index (χ1n) is 4.45. The van der Waals surface area contributed by atoms with Crippen LogP contribution < -0.4 is 11.1 Å². The van der Waals surface area contributed by atoms with Gasteiger partial charge in [0.15, 0.2) is 0 Å². The van der Waals surface area contributed by atoms with Crippen LogP contribution in [0.5, 0.6) is 0 Å². The number of nitrogens with one attached hydrogen (secondary N) is 1. The number of amides is 1. The Balaban J connectivity index is 0.00000256. The maximum absolute atomic E-state index is 11.8. The second kappa shape index (κ2) is 6.29. The Morgan fingerprint density at radius 1 is 1.41 bits per heavy atom. The van der Waals surface area contributed by atoms with Gasteiger partial charge >= 0.3 is 6.18 Å². The number of halogens is 4. The minimum atomic E-state index is -4.28. The molecule has 1 aromatic heterocycles. The summed E-state index contributed by atoms with van der Waals surface area (Å²) in [6, 6.07) is 2.80. The summed E-state index contributed by atoms with van der Waals surface area (Å²) >= 11 is 0. The maximum atomic E-state index is 11.8. The molecule has 0 aliphatic rings. The summed E-state index contributed by atoms with van der Waals surface area (Å²) in [4.78, 5) is 14.9. The lowest BCUT2D eigenvalue weighted by Crippen LogP contribution is -2.28. The molecule has 0 bridgehead atoms. The SMILES string of the molecule is Cl.Nc1ccc(C(=O)NCCC(F)(F)F)nc1. The summed E-state index contributed by atoms with van der Waals surface area (Å²) in [7, 11) is 0. The Hall–Kier alpha value is -1.50. The van der Waals surface area contributed by atoms with E-state index in [1.54, 1.807) is 0 Å². The molecule has 0 aromatic carbocycles. The van der Waals surface area contributed by atoms with Crippen molar-refractivity contribution in [2.75, 3.05) is 12.3 Å². The van der Waals surface area contributed by atoms with Gasteiger partial charge in [0.1, 0.15) is 5.69 Å². The molecule has 0 spiro atoms. The molecule has 0 atom stereocenters. The van der Waals surface area contributed by atoms with Gasteiger partial charge in [-0.3, -0.25) is 4.79 Å². The van der Waals surface area contributed by atoms with Gasteiger partial charge in [-0.05, 0) is 12.1 Å². The fourth-order valence-corrected chi connectivity index (χ4v) is 0.948. The highest BCUT2D eigenvalue weighted by molar-refractivity contribution is 5.92. The van der Waals surface area contributed by atoms with Crippen LogP contribution >= 0.6 is 12.4 Å². The molecule has 0 unspecified atom stereocenters. The largest absolute Gasteiger partial charge is 0.397 e. The van der Waals surface area contributed by atoms with Gasteiger partial charge in [0.2, 0.25) is 0 Å². The van der Waals surface area contributed by atoms with Crippen molar-refractivity contribution in [3.63, 3.8) is 0 Å². The van der Waals surface area contributed by atoms with Gasteiger partial charge in [0.25, 0.3) is 5.91 Å². The van der Waals surface area contributed by atoms with Crippen molar-refractivity contribution < 1.29 is 18.0 Å². The molecule has 0 saturated heterocycles. The third-order valence-electron chi connectivity index (χ3n) is 1.71. The van der Waals surface area contributed by atoms with Gasteiger partial charge in [-0.15, -0.1) is 12.4 Å². The number of nitrogens with two attached hydrogens (primary N) is 1. The molecule has 4 nitrogen and oxygen atoms in total. The topological polar surface area (TPSA) is 68.0 Å². The summed E-state index contributed by atoms with van der Waals surface area (Å²) in [6.07, 6.45) is -4.08. The summed E-state index contributed by atoms with van der Waals surface area (Å²) in [5, 5.41) is 2.11. The van der Waals surface area contributed by atoms with E-state index >= 15 is 0 Å². The summed E-state index contributed by atoms with van der Waals surface area (Å²) < 4.78 is 35.3. The smallest absolute Gasteiger partial charge is 0.390 e. The molecular formula is C9H11ClF3N3O. The summed E-state index contributed by atoms with van der Waals surface area (Å²) in [6.45, 7) is -0.464. The number of nitrogens with zero attached hydrogens (tertiary/aromatic N) is 1. The number of anilines is 1. The number of rotatable bonds is 3. The number of hydrogen-bond acceptors (Lipinski definition) is 3. The van der Waals surface area contributed by atoms with E-state index in [0.29, 0.717) is 5.69 Å². The van der Waals surface area contributed by atoms with Gasteiger partial charge < -0.3 is 11.1 Å². The van der Waals surface area contributed by atoms with Crippen LogP contribution in [0.4, 0.5) is 18.9 Å². The maximum Gasteiger partial charge on any atom is 0.390 e. The van der Waals surface area contributed by atoms with Crippen molar-refractivity contribution >= 4 is 24.0 Å². The molecule has 1 aromatic rings. The number of carbonyl (C=O) groups excluding carboxylic acids is 1. The Morgan fingerprint density at radius 3 is 2.53 bits per heavy atom.